The molecule has 1 aromatic carbocycles. The summed E-state index contributed by atoms with van der Waals surface area (Å²) in [5.41, 5.74) is 8.21. The molecule has 0 radical (unpaired) electrons. The maximum absolute atomic E-state index is 5.78. The molecule has 0 aliphatic rings. The van der Waals surface area contributed by atoms with Crippen molar-refractivity contribution >= 4 is 38.5 Å². The fourth-order valence-electron chi connectivity index (χ4n) is 2.16. The lowest BCUT2D eigenvalue weighted by atomic mass is 10.1. The van der Waals surface area contributed by atoms with Crippen molar-refractivity contribution in [2.45, 2.75) is 6.42 Å². The minimum atomic E-state index is 0.409. The number of hydrogen-bond acceptors (Lipinski definition) is 4. The van der Waals surface area contributed by atoms with Crippen LogP contribution in [0.1, 0.15) is 5.56 Å². The van der Waals surface area contributed by atoms with Crippen LogP contribution < -0.4 is 11.1 Å². The molecule has 0 amide bonds. The van der Waals surface area contributed by atoms with Crippen molar-refractivity contribution < 1.29 is 0 Å². The molecule has 5 nitrogen and oxygen atoms in total. The second-order valence-electron chi connectivity index (χ2n) is 4.46. The average molecular weight is 332 g/mol. The second-order valence-corrected chi connectivity index (χ2v) is 5.28. The SMILES string of the molecule is Nc1ncc(Br)nc1NCCc1c[nH]c2ccccc12. The van der Waals surface area contributed by atoms with E-state index in [1.807, 2.05) is 18.3 Å². The molecule has 4 N–H and O–H groups in total. The number of rotatable bonds is 4. The lowest BCUT2D eigenvalue weighted by Gasteiger charge is -2.07. The summed E-state index contributed by atoms with van der Waals surface area (Å²) in [6.45, 7) is 0.747. The predicted octanol–water partition coefficient (Wildman–Crippen LogP) is 2.96. The Hall–Kier alpha value is -2.08. The summed E-state index contributed by atoms with van der Waals surface area (Å²) < 4.78 is 0.668. The number of aromatic nitrogens is 3. The molecule has 0 atom stereocenters. The molecule has 102 valence electrons. The van der Waals surface area contributed by atoms with Gasteiger partial charge in [0.1, 0.15) is 4.60 Å². The second kappa shape index (κ2) is 5.50. The van der Waals surface area contributed by atoms with Gasteiger partial charge in [-0.15, -0.1) is 0 Å². The van der Waals surface area contributed by atoms with Crippen molar-refractivity contribution in [1.82, 2.24) is 15.0 Å². The van der Waals surface area contributed by atoms with Gasteiger partial charge in [0.25, 0.3) is 0 Å². The van der Waals surface area contributed by atoms with Crippen LogP contribution in [0.3, 0.4) is 0 Å². The monoisotopic (exact) mass is 331 g/mol. The van der Waals surface area contributed by atoms with Crippen LogP contribution in [0.2, 0.25) is 0 Å². The fraction of sp³-hybridized carbons (Fsp3) is 0.143. The molecule has 2 aromatic heterocycles. The zero-order valence-electron chi connectivity index (χ0n) is 10.7. The van der Waals surface area contributed by atoms with E-state index in [0.29, 0.717) is 16.2 Å². The number of nitrogens with zero attached hydrogens (tertiary/aromatic N) is 2. The average Bonchev–Trinajstić information content (AvgIpc) is 2.86. The molecule has 3 aromatic rings. The van der Waals surface area contributed by atoms with E-state index in [1.54, 1.807) is 6.20 Å². The van der Waals surface area contributed by atoms with Gasteiger partial charge in [-0.1, -0.05) is 18.2 Å². The van der Waals surface area contributed by atoms with Gasteiger partial charge >= 0.3 is 0 Å². The Labute approximate surface area is 124 Å². The summed E-state index contributed by atoms with van der Waals surface area (Å²) in [5, 5.41) is 4.47. The Morgan fingerprint density at radius 2 is 2.15 bits per heavy atom. The summed E-state index contributed by atoms with van der Waals surface area (Å²) in [6, 6.07) is 8.27. The highest BCUT2D eigenvalue weighted by Gasteiger charge is 2.05. The van der Waals surface area contributed by atoms with Crippen molar-refractivity contribution in [1.29, 1.82) is 0 Å². The third kappa shape index (κ3) is 2.60. The Kier molecular flexibility index (Phi) is 3.56. The quantitative estimate of drug-likeness (QED) is 0.686. The summed E-state index contributed by atoms with van der Waals surface area (Å²) in [6.07, 6.45) is 4.51. The van der Waals surface area contributed by atoms with Crippen molar-refractivity contribution in [2.24, 2.45) is 0 Å². The zero-order chi connectivity index (χ0) is 13.9. The molecule has 6 heteroatoms. The highest BCUT2D eigenvalue weighted by atomic mass is 79.9. The molecule has 3 rings (SSSR count). The molecule has 0 saturated heterocycles. The van der Waals surface area contributed by atoms with Gasteiger partial charge in [0, 0.05) is 23.6 Å². The highest BCUT2D eigenvalue weighted by molar-refractivity contribution is 9.10. The van der Waals surface area contributed by atoms with Crippen molar-refractivity contribution in [3.05, 3.63) is 46.8 Å². The summed E-state index contributed by atoms with van der Waals surface area (Å²) in [7, 11) is 0. The van der Waals surface area contributed by atoms with Crippen LogP contribution >= 0.6 is 15.9 Å². The third-order valence-electron chi connectivity index (χ3n) is 3.13. The van der Waals surface area contributed by atoms with Crippen LogP contribution in [0.5, 0.6) is 0 Å². The van der Waals surface area contributed by atoms with Crippen molar-refractivity contribution in [3.63, 3.8) is 0 Å². The van der Waals surface area contributed by atoms with Gasteiger partial charge in [-0.3, -0.25) is 0 Å². The van der Waals surface area contributed by atoms with E-state index in [1.165, 1.54) is 10.9 Å². The van der Waals surface area contributed by atoms with Crippen molar-refractivity contribution in [3.8, 4) is 0 Å². The normalized spacial score (nSPS) is 10.8. The fourth-order valence-corrected chi connectivity index (χ4v) is 2.44. The molecule has 0 spiro atoms. The number of H-pyrrole nitrogens is 1. The Morgan fingerprint density at radius 1 is 1.30 bits per heavy atom. The molecular formula is C14H14BrN5. The number of benzene rings is 1. The minimum absolute atomic E-state index is 0.409. The van der Waals surface area contributed by atoms with Crippen LogP contribution in [-0.2, 0) is 6.42 Å². The first kappa shape index (κ1) is 12.9. The molecule has 0 aliphatic heterocycles. The molecular weight excluding hydrogens is 318 g/mol. The van der Waals surface area contributed by atoms with E-state index in [9.17, 15) is 0 Å². The van der Waals surface area contributed by atoms with Gasteiger partial charge in [-0.05, 0) is 34.0 Å². The van der Waals surface area contributed by atoms with Crippen LogP contribution in [0.4, 0.5) is 11.6 Å². The van der Waals surface area contributed by atoms with E-state index in [4.69, 9.17) is 5.73 Å². The number of aromatic amines is 1. The standard InChI is InChI=1S/C14H14BrN5/c15-12-8-19-13(16)14(20-12)17-6-5-9-7-18-11-4-2-1-3-10(9)11/h1-4,7-8,18H,5-6H2,(H2,16,19)(H,17,20). The molecule has 0 saturated carbocycles. The van der Waals surface area contributed by atoms with Crippen molar-refractivity contribution in [2.75, 3.05) is 17.6 Å². The van der Waals surface area contributed by atoms with Crippen LogP contribution in [0.15, 0.2) is 41.3 Å². The molecule has 20 heavy (non-hydrogen) atoms. The van der Waals surface area contributed by atoms with E-state index < -0.39 is 0 Å². The van der Waals surface area contributed by atoms with Gasteiger partial charge < -0.3 is 16.0 Å². The van der Waals surface area contributed by atoms with E-state index in [-0.39, 0.29) is 0 Å². The Morgan fingerprint density at radius 3 is 3.05 bits per heavy atom. The summed E-state index contributed by atoms with van der Waals surface area (Å²) >= 11 is 3.29. The topological polar surface area (TPSA) is 79.6 Å². The number of fused-ring (bicyclic) bond motifs is 1. The Bertz CT molecular complexity index is 737. The maximum Gasteiger partial charge on any atom is 0.170 e. The van der Waals surface area contributed by atoms with E-state index in [2.05, 4.69) is 48.3 Å². The van der Waals surface area contributed by atoms with E-state index >= 15 is 0 Å². The predicted molar refractivity (Wildman–Crippen MR) is 84.6 cm³/mol. The first-order valence-corrected chi connectivity index (χ1v) is 7.10. The van der Waals surface area contributed by atoms with Gasteiger partial charge in [0.2, 0.25) is 0 Å². The number of para-hydroxylation sites is 1. The lowest BCUT2D eigenvalue weighted by molar-refractivity contribution is 1.01. The minimum Gasteiger partial charge on any atom is -0.381 e. The molecule has 0 aliphatic carbocycles. The number of halogens is 1. The number of nitrogen functional groups attached to an aromatic ring is 1. The zero-order valence-corrected chi connectivity index (χ0v) is 12.3. The summed E-state index contributed by atoms with van der Waals surface area (Å²) in [4.78, 5) is 11.6. The molecule has 2 heterocycles. The first-order valence-electron chi connectivity index (χ1n) is 6.31. The lowest BCUT2D eigenvalue weighted by Crippen LogP contribution is -2.09. The molecule has 0 unspecified atom stereocenters. The largest absolute Gasteiger partial charge is 0.381 e. The number of nitrogens with two attached hydrogens (primary N) is 1. The summed E-state index contributed by atoms with van der Waals surface area (Å²) in [5.74, 6) is 1.02. The van der Waals surface area contributed by atoms with Gasteiger partial charge in [0.15, 0.2) is 11.6 Å². The molecule has 0 fully saturated rings. The number of nitrogens with one attached hydrogen (secondary N) is 2. The first-order chi connectivity index (χ1) is 9.74. The van der Waals surface area contributed by atoms with Crippen LogP contribution in [0.25, 0.3) is 10.9 Å². The van der Waals surface area contributed by atoms with E-state index in [0.717, 1.165) is 18.5 Å². The van der Waals surface area contributed by atoms with Gasteiger partial charge in [0.05, 0.1) is 6.20 Å². The van der Waals surface area contributed by atoms with Gasteiger partial charge in [-0.2, -0.15) is 0 Å². The number of hydrogen-bond donors (Lipinski definition) is 3. The van der Waals surface area contributed by atoms with Crippen LogP contribution in [0, 0.1) is 0 Å². The Balaban J connectivity index is 1.69. The van der Waals surface area contributed by atoms with Crippen LogP contribution in [-0.4, -0.2) is 21.5 Å². The van der Waals surface area contributed by atoms with Gasteiger partial charge in [-0.25, -0.2) is 9.97 Å². The molecule has 0 bridgehead atoms. The smallest absolute Gasteiger partial charge is 0.170 e. The third-order valence-corrected chi connectivity index (χ3v) is 3.52. The maximum atomic E-state index is 5.78. The number of anilines is 2. The highest BCUT2D eigenvalue weighted by Crippen LogP contribution is 2.19.